The van der Waals surface area contributed by atoms with Gasteiger partial charge in [0.1, 0.15) is 0 Å². The second-order valence-electron chi connectivity index (χ2n) is 4.87. The van der Waals surface area contributed by atoms with E-state index < -0.39 is 0 Å². The maximum atomic E-state index is 4.51. The normalized spacial score (nSPS) is 27.0. The Balaban J connectivity index is -0.00000110. The molecular weight excluding hydrogens is 421 g/mol. The van der Waals surface area contributed by atoms with Crippen molar-refractivity contribution in [3.05, 3.63) is 31.9 Å². The molecule has 3 fully saturated rings. The second-order valence-corrected chi connectivity index (χ2v) is 4.87. The average Bonchev–Trinajstić information content (AvgIpc) is 2.47. The third kappa shape index (κ3) is 14.2. The standard InChI is InChI=1S/C12H24N8.3ClH.Co/c1-2-14-8-20-11-17-5-3-15-9-19(7-13-1)10-16-4-6-18-12-20;;;;/h1-12H2;3*1H;/q-6;;;;+3/p-3. The van der Waals surface area contributed by atoms with Crippen LogP contribution in [0.4, 0.5) is 0 Å². The quantitative estimate of drug-likeness (QED) is 0.371. The van der Waals surface area contributed by atoms with Crippen molar-refractivity contribution in [1.29, 1.82) is 0 Å². The van der Waals surface area contributed by atoms with Gasteiger partial charge < -0.3 is 78.9 Å². The molecule has 0 N–H and O–H groups in total. The second kappa shape index (κ2) is 20.4. The fourth-order valence-corrected chi connectivity index (χ4v) is 1.97. The van der Waals surface area contributed by atoms with Crippen molar-refractivity contribution in [2.24, 2.45) is 0 Å². The van der Waals surface area contributed by atoms with Crippen molar-refractivity contribution in [3.63, 3.8) is 0 Å². The summed E-state index contributed by atoms with van der Waals surface area (Å²) in [5, 5.41) is 27.1. The maximum absolute atomic E-state index is 4.51. The third-order valence-corrected chi connectivity index (χ3v) is 3.05. The smallest absolute Gasteiger partial charge is 1.00 e. The summed E-state index contributed by atoms with van der Waals surface area (Å²) in [7, 11) is 0. The number of hydrogen-bond acceptors (Lipinski definition) is 2. The Kier molecular flexibility index (Phi) is 25.3. The van der Waals surface area contributed by atoms with Gasteiger partial charge in [0.25, 0.3) is 0 Å². The Morgan fingerprint density at radius 1 is 0.375 bits per heavy atom. The fourth-order valence-electron chi connectivity index (χ4n) is 1.97. The van der Waals surface area contributed by atoms with Crippen molar-refractivity contribution in [3.8, 4) is 0 Å². The van der Waals surface area contributed by atoms with Gasteiger partial charge in [-0.1, -0.05) is 40.0 Å². The number of fused-ring (bicyclic) bond motifs is 15. The van der Waals surface area contributed by atoms with Crippen LogP contribution in [0.5, 0.6) is 0 Å². The number of rotatable bonds is 0. The summed E-state index contributed by atoms with van der Waals surface area (Å²) in [6.07, 6.45) is 0. The van der Waals surface area contributed by atoms with Crippen LogP contribution in [0.25, 0.3) is 31.9 Å². The van der Waals surface area contributed by atoms with Crippen molar-refractivity contribution >= 4 is 0 Å². The van der Waals surface area contributed by atoms with E-state index in [9.17, 15) is 0 Å². The van der Waals surface area contributed by atoms with Crippen LogP contribution < -0.4 is 37.2 Å². The molecule has 3 heterocycles. The van der Waals surface area contributed by atoms with Gasteiger partial charge in [-0.25, -0.2) is 0 Å². The fraction of sp³-hybridized carbons (Fsp3) is 1.00. The van der Waals surface area contributed by atoms with Crippen molar-refractivity contribution in [1.82, 2.24) is 9.80 Å². The minimum atomic E-state index is 0. The Hall–Kier alpha value is 1.06. The van der Waals surface area contributed by atoms with E-state index in [4.69, 9.17) is 0 Å². The molecule has 12 heteroatoms. The molecule has 0 unspecified atom stereocenters. The summed E-state index contributed by atoms with van der Waals surface area (Å²) in [5.74, 6) is 0. The van der Waals surface area contributed by atoms with Crippen LogP contribution >= 0.6 is 0 Å². The summed E-state index contributed by atoms with van der Waals surface area (Å²) in [6.45, 7) is 8.66. The molecule has 0 saturated carbocycles. The summed E-state index contributed by atoms with van der Waals surface area (Å²) >= 11 is 0. The molecule has 0 aromatic carbocycles. The van der Waals surface area contributed by atoms with Crippen LogP contribution in [-0.2, 0) is 16.8 Å². The van der Waals surface area contributed by atoms with Crippen LogP contribution in [0.15, 0.2) is 0 Å². The zero-order chi connectivity index (χ0) is 13.9. The summed E-state index contributed by atoms with van der Waals surface area (Å²) < 4.78 is 0. The Morgan fingerprint density at radius 2 is 0.542 bits per heavy atom. The zero-order valence-corrected chi connectivity index (χ0v) is 16.8. The molecule has 0 atom stereocenters. The van der Waals surface area contributed by atoms with Gasteiger partial charge in [-0.05, 0) is 0 Å². The zero-order valence-electron chi connectivity index (χ0n) is 13.5. The van der Waals surface area contributed by atoms with Crippen LogP contribution in [0.3, 0.4) is 0 Å². The van der Waals surface area contributed by atoms with Crippen LogP contribution in [0.1, 0.15) is 0 Å². The van der Waals surface area contributed by atoms with Gasteiger partial charge in [0, 0.05) is 0 Å². The van der Waals surface area contributed by atoms with E-state index in [1.165, 1.54) is 0 Å². The van der Waals surface area contributed by atoms with E-state index >= 15 is 0 Å². The van der Waals surface area contributed by atoms with E-state index in [-0.39, 0.29) is 54.0 Å². The molecule has 148 valence electrons. The molecule has 3 rings (SSSR count). The SMILES string of the molecule is C1C[N-]CN2C[N-]CC[N-]CN(C[N-]1)C[N-]CC[N-]C2.[Cl-].[Cl-].[Cl-].[Co+3]. The van der Waals surface area contributed by atoms with Crippen molar-refractivity contribution in [2.45, 2.75) is 0 Å². The number of halogens is 3. The number of nitrogens with zero attached hydrogens (tertiary/aromatic N) is 8. The van der Waals surface area contributed by atoms with Gasteiger partial charge in [-0.2, -0.15) is 39.3 Å². The molecular formula is C12H24Cl3CoN8-6. The Labute approximate surface area is 174 Å². The van der Waals surface area contributed by atoms with E-state index in [0.717, 1.165) is 39.3 Å². The van der Waals surface area contributed by atoms with E-state index in [2.05, 4.69) is 41.7 Å². The van der Waals surface area contributed by atoms with Crippen LogP contribution in [0.2, 0.25) is 0 Å². The molecule has 8 nitrogen and oxygen atoms in total. The molecule has 2 bridgehead atoms. The third-order valence-electron chi connectivity index (χ3n) is 3.05. The summed E-state index contributed by atoms with van der Waals surface area (Å²) in [5.41, 5.74) is 0. The van der Waals surface area contributed by atoms with Gasteiger partial charge in [-0.15, -0.1) is 0 Å². The van der Waals surface area contributed by atoms with Gasteiger partial charge in [0.15, 0.2) is 0 Å². The topological polar surface area (TPSA) is 91.1 Å². The minimum absolute atomic E-state index is 0. The molecule has 24 heavy (non-hydrogen) atoms. The molecule has 0 aliphatic carbocycles. The van der Waals surface area contributed by atoms with E-state index in [0.29, 0.717) is 40.0 Å². The molecule has 3 saturated heterocycles. The molecule has 0 aromatic rings. The Morgan fingerprint density at radius 3 is 0.708 bits per heavy atom. The monoisotopic (exact) mass is 444 g/mol. The first-order valence-electron chi connectivity index (χ1n) is 7.19. The predicted octanol–water partition coefficient (Wildman–Crippen LogP) is -7.39. The van der Waals surface area contributed by atoms with Crippen LogP contribution in [-0.4, -0.2) is 89.1 Å². The number of hydrogen-bond donors (Lipinski definition) is 0. The first-order valence-corrected chi connectivity index (χ1v) is 7.19. The molecule has 3 aliphatic heterocycles. The van der Waals surface area contributed by atoms with Gasteiger partial charge in [0.05, 0.1) is 0 Å². The summed E-state index contributed by atoms with van der Waals surface area (Å²) in [4.78, 5) is 4.29. The Bertz CT molecular complexity index is 196. The molecule has 0 radical (unpaired) electrons. The average molecular weight is 446 g/mol. The predicted molar refractivity (Wildman–Crippen MR) is 82.2 cm³/mol. The van der Waals surface area contributed by atoms with Gasteiger partial charge >= 0.3 is 16.8 Å². The first-order chi connectivity index (χ1) is 9.95. The van der Waals surface area contributed by atoms with Gasteiger partial charge in [0.2, 0.25) is 0 Å². The molecule has 0 aromatic heterocycles. The molecule has 3 aliphatic rings. The molecule has 0 amide bonds. The largest absolute Gasteiger partial charge is 3.00 e. The maximum Gasteiger partial charge on any atom is 3.00 e. The van der Waals surface area contributed by atoms with E-state index in [1.54, 1.807) is 0 Å². The van der Waals surface area contributed by atoms with Crippen molar-refractivity contribution < 1.29 is 54.0 Å². The van der Waals surface area contributed by atoms with Crippen LogP contribution in [0, 0.1) is 0 Å². The van der Waals surface area contributed by atoms with E-state index in [1.807, 2.05) is 0 Å². The first kappa shape index (κ1) is 29.8. The minimum Gasteiger partial charge on any atom is -1.00 e. The van der Waals surface area contributed by atoms with Gasteiger partial charge in [-0.3, -0.25) is 0 Å². The van der Waals surface area contributed by atoms with Crippen molar-refractivity contribution in [2.75, 3.05) is 79.3 Å². The summed E-state index contributed by atoms with van der Waals surface area (Å²) in [6, 6.07) is 0. The molecule has 0 spiro atoms.